The zero-order valence-electron chi connectivity index (χ0n) is 7.42. The molecule has 0 atom stereocenters. The predicted molar refractivity (Wildman–Crippen MR) is 52.1 cm³/mol. The van der Waals surface area contributed by atoms with Gasteiger partial charge < -0.3 is 11.5 Å². The monoisotopic (exact) mass is 220 g/mol. The molecule has 7 nitrogen and oxygen atoms in total. The molecule has 0 fully saturated rings. The van der Waals surface area contributed by atoms with Crippen LogP contribution in [0.25, 0.3) is 0 Å². The van der Waals surface area contributed by atoms with Crippen LogP contribution in [-0.4, -0.2) is 28.5 Å². The van der Waals surface area contributed by atoms with E-state index in [1.54, 1.807) is 0 Å². The van der Waals surface area contributed by atoms with E-state index in [4.69, 9.17) is 16.0 Å². The van der Waals surface area contributed by atoms with E-state index in [2.05, 4.69) is 5.10 Å². The number of aromatic nitrogens is 2. The smallest absolute Gasteiger partial charge is 0.264 e. The maximum absolute atomic E-state index is 10.4. The second-order valence-corrected chi connectivity index (χ2v) is 4.42. The fraction of sp³-hybridized carbons (Fsp3) is 0.500. The molecule has 0 bridgehead atoms. The summed E-state index contributed by atoms with van der Waals surface area (Å²) >= 11 is 0. The average Bonchev–Trinajstić information content (AvgIpc) is 2.33. The molecule has 0 spiro atoms. The van der Waals surface area contributed by atoms with Gasteiger partial charge in [-0.1, -0.05) is 0 Å². The molecule has 1 heterocycles. The Hall–Kier alpha value is -1.28. The quantitative estimate of drug-likeness (QED) is 0.578. The van der Waals surface area contributed by atoms with Crippen molar-refractivity contribution in [2.45, 2.75) is 13.0 Å². The first-order chi connectivity index (χ1) is 6.40. The normalized spacial score (nSPS) is 11.8. The molecule has 0 aromatic carbocycles. The summed E-state index contributed by atoms with van der Waals surface area (Å²) in [6.45, 7) is 0.308. The number of nitrogens with zero attached hydrogens (tertiary/aromatic N) is 2. The third-order valence-corrected chi connectivity index (χ3v) is 2.49. The lowest BCUT2D eigenvalue weighted by Crippen LogP contribution is -2.10. The van der Waals surface area contributed by atoms with Gasteiger partial charge in [-0.25, -0.2) is 4.68 Å². The Labute approximate surface area is 81.4 Å². The number of nitrogens with two attached hydrogens (primary N) is 2. The number of nitrogen functional groups attached to an aromatic ring is 2. The highest BCUT2D eigenvalue weighted by Crippen LogP contribution is 2.12. The average molecular weight is 220 g/mol. The van der Waals surface area contributed by atoms with E-state index in [0.29, 0.717) is 18.1 Å². The van der Waals surface area contributed by atoms with Gasteiger partial charge in [-0.05, 0) is 6.42 Å². The largest absolute Gasteiger partial charge is 0.394 e. The van der Waals surface area contributed by atoms with E-state index in [1.807, 2.05) is 0 Å². The highest BCUT2D eigenvalue weighted by molar-refractivity contribution is 7.85. The highest BCUT2D eigenvalue weighted by Gasteiger charge is 2.07. The van der Waals surface area contributed by atoms with Crippen molar-refractivity contribution < 1.29 is 13.0 Å². The lowest BCUT2D eigenvalue weighted by Gasteiger charge is -2.02. The molecule has 8 heteroatoms. The zero-order chi connectivity index (χ0) is 10.8. The second kappa shape index (κ2) is 3.84. The molecule has 0 amide bonds. The van der Waals surface area contributed by atoms with Crippen molar-refractivity contribution in [1.29, 1.82) is 0 Å². The zero-order valence-corrected chi connectivity index (χ0v) is 8.24. The lowest BCUT2D eigenvalue weighted by atomic mass is 10.5. The molecule has 0 aliphatic rings. The summed E-state index contributed by atoms with van der Waals surface area (Å²) in [4.78, 5) is 0. The molecule has 0 radical (unpaired) electrons. The Kier molecular flexibility index (Phi) is 2.96. The van der Waals surface area contributed by atoms with Crippen LogP contribution in [0.5, 0.6) is 0 Å². The Morgan fingerprint density at radius 1 is 1.50 bits per heavy atom. The standard InChI is InChI=1S/C6H12N4O3S/c7-5-4-9-10(6(5)8)2-1-3-14(11,12)13/h4H,1-3,7-8H2,(H,11,12,13). The summed E-state index contributed by atoms with van der Waals surface area (Å²) in [5.41, 5.74) is 11.3. The van der Waals surface area contributed by atoms with E-state index in [1.165, 1.54) is 10.9 Å². The number of hydrogen-bond acceptors (Lipinski definition) is 5. The molecule has 0 saturated heterocycles. The van der Waals surface area contributed by atoms with Crippen molar-refractivity contribution in [1.82, 2.24) is 9.78 Å². The van der Waals surface area contributed by atoms with Gasteiger partial charge in [-0.15, -0.1) is 0 Å². The van der Waals surface area contributed by atoms with Gasteiger partial charge in [-0.2, -0.15) is 13.5 Å². The first kappa shape index (κ1) is 10.8. The number of aryl methyl sites for hydroxylation is 1. The molecule has 1 aromatic heterocycles. The molecule has 0 saturated carbocycles. The van der Waals surface area contributed by atoms with Crippen LogP contribution < -0.4 is 11.5 Å². The van der Waals surface area contributed by atoms with Gasteiger partial charge in [0, 0.05) is 6.54 Å². The fourth-order valence-electron chi connectivity index (χ4n) is 0.984. The van der Waals surface area contributed by atoms with Crippen molar-refractivity contribution in [3.8, 4) is 0 Å². The minimum absolute atomic E-state index is 0.240. The van der Waals surface area contributed by atoms with Crippen LogP contribution in [0.3, 0.4) is 0 Å². The van der Waals surface area contributed by atoms with Crippen molar-refractivity contribution in [2.24, 2.45) is 0 Å². The van der Waals surface area contributed by atoms with E-state index in [-0.39, 0.29) is 12.2 Å². The van der Waals surface area contributed by atoms with Gasteiger partial charge in [0.15, 0.2) is 0 Å². The number of rotatable bonds is 4. The number of hydrogen-bond donors (Lipinski definition) is 3. The van der Waals surface area contributed by atoms with Crippen molar-refractivity contribution in [2.75, 3.05) is 17.2 Å². The van der Waals surface area contributed by atoms with Crippen molar-refractivity contribution in [3.05, 3.63) is 6.20 Å². The fourth-order valence-corrected chi connectivity index (χ4v) is 1.48. The first-order valence-electron chi connectivity index (χ1n) is 3.92. The van der Waals surface area contributed by atoms with Crippen molar-refractivity contribution in [3.63, 3.8) is 0 Å². The molecular formula is C6H12N4O3S. The summed E-state index contributed by atoms with van der Waals surface area (Å²) < 4.78 is 30.6. The molecule has 14 heavy (non-hydrogen) atoms. The van der Waals surface area contributed by atoms with E-state index in [0.717, 1.165) is 0 Å². The Morgan fingerprint density at radius 3 is 2.57 bits per heavy atom. The van der Waals surface area contributed by atoms with E-state index in [9.17, 15) is 8.42 Å². The van der Waals surface area contributed by atoms with Gasteiger partial charge in [0.05, 0.1) is 17.6 Å². The molecule has 1 rings (SSSR count). The summed E-state index contributed by atoms with van der Waals surface area (Å²) in [6, 6.07) is 0. The highest BCUT2D eigenvalue weighted by atomic mass is 32.2. The SMILES string of the molecule is Nc1cnn(CCCS(=O)(=O)O)c1N. The third-order valence-electron chi connectivity index (χ3n) is 1.68. The minimum atomic E-state index is -3.91. The molecular weight excluding hydrogens is 208 g/mol. The maximum atomic E-state index is 10.4. The molecule has 80 valence electrons. The molecule has 1 aromatic rings. The predicted octanol–water partition coefficient (Wildman–Crippen LogP) is -0.675. The summed E-state index contributed by atoms with van der Waals surface area (Å²) in [5.74, 6) is -0.00742. The van der Waals surface area contributed by atoms with Crippen LogP contribution in [0.1, 0.15) is 6.42 Å². The summed E-state index contributed by atoms with van der Waals surface area (Å²) in [5, 5.41) is 3.83. The Morgan fingerprint density at radius 2 is 2.14 bits per heavy atom. The van der Waals surface area contributed by atoms with Crippen LogP contribution in [0.4, 0.5) is 11.5 Å². The van der Waals surface area contributed by atoms with E-state index < -0.39 is 10.1 Å². The second-order valence-electron chi connectivity index (χ2n) is 2.85. The van der Waals surface area contributed by atoms with Gasteiger partial charge >= 0.3 is 0 Å². The van der Waals surface area contributed by atoms with Crippen LogP contribution >= 0.6 is 0 Å². The molecule has 0 aliphatic carbocycles. The topological polar surface area (TPSA) is 124 Å². The first-order valence-corrected chi connectivity index (χ1v) is 5.53. The van der Waals surface area contributed by atoms with Gasteiger partial charge in [0.25, 0.3) is 10.1 Å². The Balaban J connectivity index is 2.51. The maximum Gasteiger partial charge on any atom is 0.264 e. The van der Waals surface area contributed by atoms with Gasteiger partial charge in [0.1, 0.15) is 5.82 Å². The summed E-state index contributed by atoms with van der Waals surface area (Å²) in [7, 11) is -3.91. The van der Waals surface area contributed by atoms with Crippen molar-refractivity contribution >= 4 is 21.6 Å². The van der Waals surface area contributed by atoms with E-state index >= 15 is 0 Å². The summed E-state index contributed by atoms with van der Waals surface area (Å²) in [6.07, 6.45) is 1.63. The van der Waals surface area contributed by atoms with Gasteiger partial charge in [-0.3, -0.25) is 4.55 Å². The van der Waals surface area contributed by atoms with Gasteiger partial charge in [0.2, 0.25) is 0 Å². The lowest BCUT2D eigenvalue weighted by molar-refractivity contribution is 0.476. The Bertz CT molecular complexity index is 411. The molecule has 5 N–H and O–H groups in total. The van der Waals surface area contributed by atoms with Crippen LogP contribution in [-0.2, 0) is 16.7 Å². The third kappa shape index (κ3) is 2.89. The van der Waals surface area contributed by atoms with Crippen LogP contribution in [0.15, 0.2) is 6.20 Å². The molecule has 0 aliphatic heterocycles. The molecule has 0 unspecified atom stereocenters. The van der Waals surface area contributed by atoms with Crippen LogP contribution in [0.2, 0.25) is 0 Å². The van der Waals surface area contributed by atoms with Crippen LogP contribution in [0, 0.1) is 0 Å². The number of anilines is 2. The minimum Gasteiger partial charge on any atom is -0.394 e.